The predicted molar refractivity (Wildman–Crippen MR) is 97.2 cm³/mol. The minimum Gasteiger partial charge on any atom is -0.322 e. The van der Waals surface area contributed by atoms with Gasteiger partial charge in [0.05, 0.1) is 28.7 Å². The van der Waals surface area contributed by atoms with E-state index in [0.717, 1.165) is 30.7 Å². The molecular formula is C21H20N4. The molecule has 0 amide bonds. The molecule has 0 atom stereocenters. The van der Waals surface area contributed by atoms with Gasteiger partial charge in [0.25, 0.3) is 0 Å². The summed E-state index contributed by atoms with van der Waals surface area (Å²) in [7, 11) is 0. The fourth-order valence-corrected chi connectivity index (χ4v) is 3.91. The van der Waals surface area contributed by atoms with Crippen LogP contribution in [0.5, 0.6) is 0 Å². The molecule has 0 N–H and O–H groups in total. The molecular weight excluding hydrogens is 308 g/mol. The van der Waals surface area contributed by atoms with Gasteiger partial charge in [-0.15, -0.1) is 0 Å². The molecule has 1 saturated heterocycles. The highest BCUT2D eigenvalue weighted by Gasteiger charge is 2.36. The van der Waals surface area contributed by atoms with Gasteiger partial charge in [-0.05, 0) is 42.7 Å². The van der Waals surface area contributed by atoms with Crippen molar-refractivity contribution in [3.05, 3.63) is 65.5 Å². The topological polar surface area (TPSA) is 44.9 Å². The van der Waals surface area contributed by atoms with E-state index in [2.05, 4.69) is 45.9 Å². The Morgan fingerprint density at radius 2 is 1.92 bits per heavy atom. The first kappa shape index (κ1) is 14.7. The second-order valence-corrected chi connectivity index (χ2v) is 7.26. The summed E-state index contributed by atoms with van der Waals surface area (Å²) in [5.41, 5.74) is 4.37. The number of nitriles is 1. The lowest BCUT2D eigenvalue weighted by Crippen LogP contribution is -2.47. The molecule has 2 aliphatic rings. The maximum Gasteiger partial charge on any atom is 0.113 e. The zero-order valence-corrected chi connectivity index (χ0v) is 14.1. The molecule has 5 rings (SSSR count). The summed E-state index contributed by atoms with van der Waals surface area (Å²) in [5, 5.41) is 9.05. The van der Waals surface area contributed by atoms with Crippen LogP contribution in [-0.4, -0.2) is 27.5 Å². The summed E-state index contributed by atoms with van der Waals surface area (Å²) in [6.07, 6.45) is 2.56. The summed E-state index contributed by atoms with van der Waals surface area (Å²) in [5.74, 6) is 1.95. The standard InChI is InChI=1S/C21H20N4/c22-11-15-4-3-5-16(10-15)12-24-13-18(14-24)25-20-7-2-1-6-19(20)23-21(25)17-8-9-17/h1-7,10,17-18H,8-9,12-14H2. The molecule has 124 valence electrons. The smallest absolute Gasteiger partial charge is 0.113 e. The molecule has 3 aromatic rings. The predicted octanol–water partition coefficient (Wildman–Crippen LogP) is 3.84. The zero-order chi connectivity index (χ0) is 16.8. The highest BCUT2D eigenvalue weighted by molar-refractivity contribution is 5.76. The number of nitrogens with zero attached hydrogens (tertiary/aromatic N) is 4. The molecule has 4 nitrogen and oxygen atoms in total. The number of benzene rings is 2. The van der Waals surface area contributed by atoms with E-state index in [0.29, 0.717) is 12.0 Å². The monoisotopic (exact) mass is 328 g/mol. The van der Waals surface area contributed by atoms with E-state index in [1.165, 1.54) is 29.7 Å². The SMILES string of the molecule is N#Cc1cccc(CN2CC(n3c(C4CC4)nc4ccccc43)C2)c1. The Morgan fingerprint density at radius 3 is 2.72 bits per heavy atom. The van der Waals surface area contributed by atoms with E-state index in [9.17, 15) is 0 Å². The van der Waals surface area contributed by atoms with Gasteiger partial charge in [-0.1, -0.05) is 24.3 Å². The third-order valence-corrected chi connectivity index (χ3v) is 5.33. The van der Waals surface area contributed by atoms with Gasteiger partial charge in [-0.25, -0.2) is 4.98 Å². The number of imidazole rings is 1. The highest BCUT2D eigenvalue weighted by atomic mass is 15.3. The first-order chi connectivity index (χ1) is 12.3. The van der Waals surface area contributed by atoms with Gasteiger partial charge >= 0.3 is 0 Å². The molecule has 1 saturated carbocycles. The van der Waals surface area contributed by atoms with Gasteiger partial charge in [0, 0.05) is 25.6 Å². The van der Waals surface area contributed by atoms with Crippen molar-refractivity contribution in [2.75, 3.05) is 13.1 Å². The molecule has 1 aliphatic heterocycles. The van der Waals surface area contributed by atoms with Crippen LogP contribution in [0.1, 0.15) is 41.8 Å². The minimum atomic E-state index is 0.516. The van der Waals surface area contributed by atoms with E-state index in [1.54, 1.807) is 0 Å². The van der Waals surface area contributed by atoms with Crippen LogP contribution in [0.4, 0.5) is 0 Å². The summed E-state index contributed by atoms with van der Waals surface area (Å²) in [4.78, 5) is 7.37. The number of likely N-dealkylation sites (tertiary alicyclic amines) is 1. The van der Waals surface area contributed by atoms with Crippen molar-refractivity contribution < 1.29 is 0 Å². The molecule has 1 aliphatic carbocycles. The van der Waals surface area contributed by atoms with Gasteiger partial charge in [0.1, 0.15) is 5.82 Å². The summed E-state index contributed by atoms with van der Waals surface area (Å²) in [6, 6.07) is 19.2. The Labute approximate surface area is 147 Å². The number of aromatic nitrogens is 2. The van der Waals surface area contributed by atoms with Crippen molar-refractivity contribution in [2.24, 2.45) is 0 Å². The Bertz CT molecular complexity index is 971. The summed E-state index contributed by atoms with van der Waals surface area (Å²) in [6.45, 7) is 3.02. The van der Waals surface area contributed by atoms with E-state index in [-0.39, 0.29) is 0 Å². The van der Waals surface area contributed by atoms with Gasteiger partial charge < -0.3 is 4.57 Å². The van der Waals surface area contributed by atoms with Crippen molar-refractivity contribution in [1.82, 2.24) is 14.5 Å². The largest absolute Gasteiger partial charge is 0.322 e. The maximum absolute atomic E-state index is 9.05. The van der Waals surface area contributed by atoms with Crippen molar-refractivity contribution in [1.29, 1.82) is 5.26 Å². The lowest BCUT2D eigenvalue weighted by atomic mass is 10.0. The quantitative estimate of drug-likeness (QED) is 0.731. The first-order valence-corrected chi connectivity index (χ1v) is 9.00. The van der Waals surface area contributed by atoms with Crippen molar-refractivity contribution in [3.63, 3.8) is 0 Å². The van der Waals surface area contributed by atoms with Crippen LogP contribution < -0.4 is 0 Å². The molecule has 0 spiro atoms. The fraction of sp³-hybridized carbons (Fsp3) is 0.333. The van der Waals surface area contributed by atoms with Crippen LogP contribution in [0, 0.1) is 11.3 Å². The van der Waals surface area contributed by atoms with Crippen LogP contribution in [0.2, 0.25) is 0 Å². The second-order valence-electron chi connectivity index (χ2n) is 7.26. The first-order valence-electron chi connectivity index (χ1n) is 9.00. The normalized spacial score (nSPS) is 18.2. The van der Waals surface area contributed by atoms with Crippen LogP contribution in [-0.2, 0) is 6.54 Å². The Balaban J connectivity index is 1.36. The molecule has 0 radical (unpaired) electrons. The zero-order valence-electron chi connectivity index (χ0n) is 14.1. The third kappa shape index (κ3) is 2.61. The number of hydrogen-bond acceptors (Lipinski definition) is 3. The van der Waals surface area contributed by atoms with Crippen molar-refractivity contribution in [3.8, 4) is 6.07 Å². The maximum atomic E-state index is 9.05. The average molecular weight is 328 g/mol. The van der Waals surface area contributed by atoms with E-state index < -0.39 is 0 Å². The number of hydrogen-bond donors (Lipinski definition) is 0. The van der Waals surface area contributed by atoms with Crippen LogP contribution >= 0.6 is 0 Å². The molecule has 2 aromatic carbocycles. The molecule has 25 heavy (non-hydrogen) atoms. The van der Waals surface area contributed by atoms with E-state index >= 15 is 0 Å². The van der Waals surface area contributed by atoms with Crippen molar-refractivity contribution in [2.45, 2.75) is 31.3 Å². The van der Waals surface area contributed by atoms with Crippen LogP contribution in [0.15, 0.2) is 48.5 Å². The van der Waals surface area contributed by atoms with Gasteiger partial charge in [0.2, 0.25) is 0 Å². The second kappa shape index (κ2) is 5.72. The highest BCUT2D eigenvalue weighted by Crippen LogP contribution is 2.43. The van der Waals surface area contributed by atoms with Gasteiger partial charge in [-0.2, -0.15) is 5.26 Å². The lowest BCUT2D eigenvalue weighted by Gasteiger charge is -2.41. The third-order valence-electron chi connectivity index (χ3n) is 5.33. The fourth-order valence-electron chi connectivity index (χ4n) is 3.91. The molecule has 2 heterocycles. The lowest BCUT2D eigenvalue weighted by molar-refractivity contribution is 0.0995. The van der Waals surface area contributed by atoms with Gasteiger partial charge in [0.15, 0.2) is 0 Å². The number of para-hydroxylation sites is 2. The van der Waals surface area contributed by atoms with Crippen LogP contribution in [0.3, 0.4) is 0 Å². The Kier molecular flexibility index (Phi) is 3.36. The molecule has 0 bridgehead atoms. The Hall–Kier alpha value is -2.64. The molecule has 4 heteroatoms. The average Bonchev–Trinajstić information content (AvgIpc) is 3.39. The Morgan fingerprint density at radius 1 is 1.08 bits per heavy atom. The van der Waals surface area contributed by atoms with Crippen molar-refractivity contribution >= 4 is 11.0 Å². The number of fused-ring (bicyclic) bond motifs is 1. The number of rotatable bonds is 4. The molecule has 1 aromatic heterocycles. The van der Waals surface area contributed by atoms with Gasteiger partial charge in [-0.3, -0.25) is 4.90 Å². The minimum absolute atomic E-state index is 0.516. The molecule has 0 unspecified atom stereocenters. The molecule has 2 fully saturated rings. The van der Waals surface area contributed by atoms with E-state index in [1.807, 2.05) is 18.2 Å². The van der Waals surface area contributed by atoms with E-state index in [4.69, 9.17) is 10.2 Å². The summed E-state index contributed by atoms with van der Waals surface area (Å²) >= 11 is 0. The van der Waals surface area contributed by atoms with Crippen LogP contribution in [0.25, 0.3) is 11.0 Å². The summed E-state index contributed by atoms with van der Waals surface area (Å²) < 4.78 is 2.50.